The molecule has 64 valence electrons. The molecule has 0 aliphatic heterocycles. The molecular weight excluding hydrogens is 159 g/mol. The Hall–Kier alpha value is -1.51. The second-order valence-electron chi connectivity index (χ2n) is 2.40. The lowest BCUT2D eigenvalue weighted by Crippen LogP contribution is -1.88. The minimum absolute atomic E-state index is 0.320. The van der Waals surface area contributed by atoms with Gasteiger partial charge in [-0.1, -0.05) is 12.1 Å². The molecule has 0 aromatic heterocycles. The third-order valence-corrected chi connectivity index (χ3v) is 1.54. The van der Waals surface area contributed by atoms with Crippen molar-refractivity contribution >= 4 is 0 Å². The van der Waals surface area contributed by atoms with E-state index in [2.05, 4.69) is 6.58 Å². The zero-order valence-corrected chi connectivity index (χ0v) is 6.42. The molecule has 0 bridgehead atoms. The van der Waals surface area contributed by atoms with Crippen molar-refractivity contribution in [3.63, 3.8) is 0 Å². The molecule has 0 heterocycles. The van der Waals surface area contributed by atoms with Gasteiger partial charge in [0.05, 0.1) is 0 Å². The Balaban J connectivity index is 3.16. The molecule has 0 saturated heterocycles. The number of phenolic OH excluding ortho intramolecular Hbond substituents is 2. The highest BCUT2D eigenvalue weighted by atomic mass is 19.1. The van der Waals surface area contributed by atoms with E-state index in [1.807, 2.05) is 0 Å². The number of halogens is 1. The molecule has 0 saturated carbocycles. The van der Waals surface area contributed by atoms with E-state index < -0.39 is 17.3 Å². The fourth-order valence-corrected chi connectivity index (χ4v) is 0.909. The minimum Gasteiger partial charge on any atom is -0.504 e. The number of phenols is 2. The van der Waals surface area contributed by atoms with Gasteiger partial charge in [0.25, 0.3) is 0 Å². The molecule has 0 aliphatic rings. The van der Waals surface area contributed by atoms with E-state index in [-0.39, 0.29) is 0 Å². The monoisotopic (exact) mass is 168 g/mol. The van der Waals surface area contributed by atoms with Crippen LogP contribution in [0, 0.1) is 5.82 Å². The molecular formula is C9H9FO2. The first-order chi connectivity index (χ1) is 5.66. The average Bonchev–Trinajstić information content (AvgIpc) is 2.07. The highest BCUT2D eigenvalue weighted by molar-refractivity contribution is 5.42. The fraction of sp³-hybridized carbons (Fsp3) is 0.111. The fourth-order valence-electron chi connectivity index (χ4n) is 0.909. The highest BCUT2D eigenvalue weighted by Crippen LogP contribution is 2.29. The first kappa shape index (κ1) is 8.59. The Bertz CT molecular complexity index is 308. The Morgan fingerprint density at radius 1 is 1.42 bits per heavy atom. The van der Waals surface area contributed by atoms with Gasteiger partial charge in [0.1, 0.15) is 0 Å². The molecule has 1 rings (SSSR count). The normalized spacial score (nSPS) is 9.75. The van der Waals surface area contributed by atoms with Crippen LogP contribution in [0.2, 0.25) is 0 Å². The van der Waals surface area contributed by atoms with Crippen molar-refractivity contribution in [2.75, 3.05) is 0 Å². The lowest BCUT2D eigenvalue weighted by atomic mass is 10.1. The van der Waals surface area contributed by atoms with Gasteiger partial charge < -0.3 is 10.2 Å². The summed E-state index contributed by atoms with van der Waals surface area (Å²) in [6, 6.07) is 2.66. The molecule has 0 amide bonds. The van der Waals surface area contributed by atoms with Crippen LogP contribution in [0.4, 0.5) is 4.39 Å². The molecule has 2 N–H and O–H groups in total. The highest BCUT2D eigenvalue weighted by Gasteiger charge is 2.09. The van der Waals surface area contributed by atoms with Crippen LogP contribution in [-0.2, 0) is 6.42 Å². The summed E-state index contributed by atoms with van der Waals surface area (Å²) in [5.74, 6) is -1.93. The van der Waals surface area contributed by atoms with Crippen molar-refractivity contribution in [1.29, 1.82) is 0 Å². The quantitative estimate of drug-likeness (QED) is 0.523. The van der Waals surface area contributed by atoms with Crippen molar-refractivity contribution in [2.24, 2.45) is 0 Å². The zero-order valence-electron chi connectivity index (χ0n) is 6.42. The summed E-state index contributed by atoms with van der Waals surface area (Å²) in [6.45, 7) is 3.44. The number of allylic oxidation sites excluding steroid dienone is 1. The summed E-state index contributed by atoms with van der Waals surface area (Å²) in [7, 11) is 0. The Kier molecular flexibility index (Phi) is 2.33. The molecule has 12 heavy (non-hydrogen) atoms. The molecule has 0 radical (unpaired) electrons. The second kappa shape index (κ2) is 3.26. The largest absolute Gasteiger partial charge is 0.504 e. The molecule has 2 nitrogen and oxygen atoms in total. The van der Waals surface area contributed by atoms with Crippen molar-refractivity contribution in [2.45, 2.75) is 6.42 Å². The van der Waals surface area contributed by atoms with Crippen LogP contribution in [-0.4, -0.2) is 10.2 Å². The molecule has 1 aromatic carbocycles. The first-order valence-electron chi connectivity index (χ1n) is 3.47. The maximum atomic E-state index is 13.0. The number of hydrogen-bond donors (Lipinski definition) is 2. The third kappa shape index (κ3) is 1.39. The standard InChI is InChI=1S/C9H9FO2/c1-2-3-6-4-5-7(11)9(12)8(6)10/h2,4-5,11-12H,1,3H2. The first-order valence-corrected chi connectivity index (χ1v) is 3.47. The van der Waals surface area contributed by atoms with Crippen LogP contribution in [0.1, 0.15) is 5.56 Å². The Labute approximate surface area is 69.6 Å². The van der Waals surface area contributed by atoms with Crippen LogP contribution in [0.5, 0.6) is 11.5 Å². The van der Waals surface area contributed by atoms with Gasteiger partial charge in [-0.05, 0) is 18.1 Å². The molecule has 1 aromatic rings. The topological polar surface area (TPSA) is 40.5 Å². The van der Waals surface area contributed by atoms with Crippen molar-refractivity contribution < 1.29 is 14.6 Å². The SMILES string of the molecule is C=CCc1ccc(O)c(O)c1F. The summed E-state index contributed by atoms with van der Waals surface area (Å²) in [5.41, 5.74) is 0.320. The molecule has 0 spiro atoms. The number of benzene rings is 1. The summed E-state index contributed by atoms with van der Waals surface area (Å²) >= 11 is 0. The number of hydrogen-bond acceptors (Lipinski definition) is 2. The molecule has 0 fully saturated rings. The lowest BCUT2D eigenvalue weighted by molar-refractivity contribution is 0.377. The third-order valence-electron chi connectivity index (χ3n) is 1.54. The molecule has 0 aliphatic carbocycles. The van der Waals surface area contributed by atoms with Crippen molar-refractivity contribution in [3.05, 3.63) is 36.2 Å². The smallest absolute Gasteiger partial charge is 0.194 e. The number of aromatic hydroxyl groups is 2. The van der Waals surface area contributed by atoms with Crippen LogP contribution in [0.25, 0.3) is 0 Å². The predicted molar refractivity (Wildman–Crippen MR) is 43.6 cm³/mol. The van der Waals surface area contributed by atoms with Gasteiger partial charge >= 0.3 is 0 Å². The van der Waals surface area contributed by atoms with E-state index in [9.17, 15) is 4.39 Å². The van der Waals surface area contributed by atoms with Gasteiger partial charge in [-0.3, -0.25) is 0 Å². The van der Waals surface area contributed by atoms with Gasteiger partial charge in [-0.15, -0.1) is 6.58 Å². The molecule has 0 atom stereocenters. The molecule has 0 unspecified atom stereocenters. The van der Waals surface area contributed by atoms with Crippen molar-refractivity contribution in [1.82, 2.24) is 0 Å². The van der Waals surface area contributed by atoms with Crippen LogP contribution in [0.3, 0.4) is 0 Å². The Morgan fingerprint density at radius 3 is 2.67 bits per heavy atom. The summed E-state index contributed by atoms with van der Waals surface area (Å²) < 4.78 is 13.0. The van der Waals surface area contributed by atoms with E-state index in [0.717, 1.165) is 0 Å². The van der Waals surface area contributed by atoms with Crippen molar-refractivity contribution in [3.8, 4) is 11.5 Å². The maximum absolute atomic E-state index is 13.0. The van der Waals surface area contributed by atoms with Gasteiger partial charge in [0, 0.05) is 0 Å². The number of rotatable bonds is 2. The maximum Gasteiger partial charge on any atom is 0.194 e. The van der Waals surface area contributed by atoms with Gasteiger partial charge in [-0.25, -0.2) is 4.39 Å². The van der Waals surface area contributed by atoms with E-state index in [4.69, 9.17) is 10.2 Å². The summed E-state index contributed by atoms with van der Waals surface area (Å²) in [6.07, 6.45) is 1.86. The van der Waals surface area contributed by atoms with Crippen LogP contribution in [0.15, 0.2) is 24.8 Å². The minimum atomic E-state index is -0.782. The van der Waals surface area contributed by atoms with Gasteiger partial charge in [-0.2, -0.15) is 0 Å². The van der Waals surface area contributed by atoms with E-state index in [1.165, 1.54) is 18.2 Å². The van der Waals surface area contributed by atoms with E-state index in [1.54, 1.807) is 0 Å². The van der Waals surface area contributed by atoms with E-state index >= 15 is 0 Å². The zero-order chi connectivity index (χ0) is 9.14. The second-order valence-corrected chi connectivity index (χ2v) is 2.40. The summed E-state index contributed by atoms with van der Waals surface area (Å²) in [5, 5.41) is 17.8. The summed E-state index contributed by atoms with van der Waals surface area (Å²) in [4.78, 5) is 0. The average molecular weight is 168 g/mol. The lowest BCUT2D eigenvalue weighted by Gasteiger charge is -2.02. The van der Waals surface area contributed by atoms with Crippen LogP contribution < -0.4 is 0 Å². The van der Waals surface area contributed by atoms with Gasteiger partial charge in [0.15, 0.2) is 17.3 Å². The van der Waals surface area contributed by atoms with Gasteiger partial charge in [0.2, 0.25) is 0 Å². The van der Waals surface area contributed by atoms with E-state index in [0.29, 0.717) is 12.0 Å². The Morgan fingerprint density at radius 2 is 2.08 bits per heavy atom. The van der Waals surface area contributed by atoms with Crippen LogP contribution >= 0.6 is 0 Å². The molecule has 3 heteroatoms. The predicted octanol–water partition coefficient (Wildman–Crippen LogP) is 1.97.